The van der Waals surface area contributed by atoms with Gasteiger partial charge in [0.05, 0.1) is 0 Å². The fourth-order valence-electron chi connectivity index (χ4n) is 3.02. The number of hydrogen-bond donors (Lipinski definition) is 1. The van der Waals surface area contributed by atoms with Crippen LogP contribution in [0.15, 0.2) is 0 Å². The zero-order valence-electron chi connectivity index (χ0n) is 11.4. The van der Waals surface area contributed by atoms with E-state index < -0.39 is 0 Å². The fraction of sp³-hybridized carbons (Fsp3) is 1.00. The summed E-state index contributed by atoms with van der Waals surface area (Å²) in [6.07, 6.45) is 4.33. The van der Waals surface area contributed by atoms with Crippen LogP contribution in [-0.4, -0.2) is 36.1 Å². The van der Waals surface area contributed by atoms with Gasteiger partial charge in [-0.25, -0.2) is 0 Å². The van der Waals surface area contributed by atoms with E-state index in [9.17, 15) is 0 Å². The molecule has 1 saturated heterocycles. The van der Waals surface area contributed by atoms with Gasteiger partial charge >= 0.3 is 0 Å². The molecular weight excluding hydrogens is 196 g/mol. The van der Waals surface area contributed by atoms with Gasteiger partial charge in [0, 0.05) is 31.2 Å². The van der Waals surface area contributed by atoms with Crippen molar-refractivity contribution >= 4 is 0 Å². The molecule has 0 aromatic carbocycles. The number of hydrogen-bond acceptors (Lipinski definition) is 2. The maximum atomic E-state index is 3.74. The molecule has 2 unspecified atom stereocenters. The van der Waals surface area contributed by atoms with Crippen molar-refractivity contribution in [2.45, 2.75) is 65.1 Å². The maximum absolute atomic E-state index is 3.74. The highest BCUT2D eigenvalue weighted by atomic mass is 15.3. The largest absolute Gasteiger partial charge is 0.311 e. The minimum atomic E-state index is 0.704. The molecule has 2 atom stereocenters. The van der Waals surface area contributed by atoms with Crippen LogP contribution in [0.2, 0.25) is 0 Å². The quantitative estimate of drug-likeness (QED) is 0.792. The minimum absolute atomic E-state index is 0.704. The lowest BCUT2D eigenvalue weighted by atomic mass is 9.85. The molecule has 0 radical (unpaired) electrons. The monoisotopic (exact) mass is 224 g/mol. The molecule has 2 nitrogen and oxygen atoms in total. The van der Waals surface area contributed by atoms with Crippen LogP contribution in [0, 0.1) is 11.8 Å². The number of rotatable bonds is 3. The van der Waals surface area contributed by atoms with Gasteiger partial charge in [-0.1, -0.05) is 34.1 Å². The Bertz CT molecular complexity index is 221. The highest BCUT2D eigenvalue weighted by Crippen LogP contribution is 2.30. The van der Waals surface area contributed by atoms with Gasteiger partial charge < -0.3 is 5.32 Å². The van der Waals surface area contributed by atoms with Gasteiger partial charge in [0.1, 0.15) is 0 Å². The summed E-state index contributed by atoms with van der Waals surface area (Å²) < 4.78 is 0. The molecule has 2 fully saturated rings. The van der Waals surface area contributed by atoms with Crippen LogP contribution in [0.25, 0.3) is 0 Å². The Hall–Kier alpha value is -0.0800. The Kier molecular flexibility index (Phi) is 3.91. The molecule has 94 valence electrons. The smallest absolute Gasteiger partial charge is 0.0247 e. The Morgan fingerprint density at radius 1 is 1.06 bits per heavy atom. The Morgan fingerprint density at radius 3 is 2.19 bits per heavy atom. The normalized spacial score (nSPS) is 33.4. The highest BCUT2D eigenvalue weighted by molar-refractivity contribution is 4.94. The van der Waals surface area contributed by atoms with Gasteiger partial charge in [-0.2, -0.15) is 0 Å². The van der Waals surface area contributed by atoms with E-state index in [1.807, 2.05) is 0 Å². The molecule has 1 N–H and O–H groups in total. The second-order valence-corrected chi connectivity index (χ2v) is 6.35. The van der Waals surface area contributed by atoms with Crippen molar-refractivity contribution < 1.29 is 0 Å². The summed E-state index contributed by atoms with van der Waals surface area (Å²) in [5, 5.41) is 3.74. The van der Waals surface area contributed by atoms with Crippen molar-refractivity contribution in [1.82, 2.24) is 10.2 Å². The lowest BCUT2D eigenvalue weighted by Gasteiger charge is -2.50. The van der Waals surface area contributed by atoms with Gasteiger partial charge in [0.15, 0.2) is 0 Å². The molecule has 2 rings (SSSR count). The summed E-state index contributed by atoms with van der Waals surface area (Å²) in [6.45, 7) is 11.9. The first-order valence-electron chi connectivity index (χ1n) is 7.08. The predicted octanol–water partition coefficient (Wildman–Crippen LogP) is 2.49. The van der Waals surface area contributed by atoms with E-state index in [1.165, 1.54) is 32.4 Å². The third kappa shape index (κ3) is 2.43. The van der Waals surface area contributed by atoms with Crippen LogP contribution < -0.4 is 5.32 Å². The van der Waals surface area contributed by atoms with Gasteiger partial charge in [-0.3, -0.25) is 4.90 Å². The van der Waals surface area contributed by atoms with Crippen molar-refractivity contribution in [2.75, 3.05) is 13.1 Å². The number of nitrogens with zero attached hydrogens (tertiary/aromatic N) is 1. The molecule has 2 heteroatoms. The molecule has 1 saturated carbocycles. The number of piperazine rings is 1. The third-order valence-corrected chi connectivity index (χ3v) is 4.54. The van der Waals surface area contributed by atoms with E-state index in [-0.39, 0.29) is 0 Å². The molecule has 16 heavy (non-hydrogen) atoms. The minimum Gasteiger partial charge on any atom is -0.311 e. The molecule has 1 heterocycles. The second-order valence-electron chi connectivity index (χ2n) is 6.35. The summed E-state index contributed by atoms with van der Waals surface area (Å²) in [7, 11) is 0. The first-order chi connectivity index (χ1) is 7.59. The Morgan fingerprint density at radius 2 is 1.75 bits per heavy atom. The molecule has 1 aliphatic heterocycles. The Balaban J connectivity index is 2.00. The van der Waals surface area contributed by atoms with Crippen LogP contribution in [0.1, 0.15) is 47.0 Å². The molecule has 1 aliphatic carbocycles. The highest BCUT2D eigenvalue weighted by Gasteiger charge is 2.37. The van der Waals surface area contributed by atoms with Gasteiger partial charge in [-0.05, 0) is 24.7 Å². The van der Waals surface area contributed by atoms with Crippen LogP contribution in [0.3, 0.4) is 0 Å². The van der Waals surface area contributed by atoms with E-state index in [1.54, 1.807) is 0 Å². The van der Waals surface area contributed by atoms with Crippen LogP contribution in [-0.2, 0) is 0 Å². The van der Waals surface area contributed by atoms with E-state index in [0.29, 0.717) is 6.04 Å². The SMILES string of the molecule is CC(C)C1CN(C2CCC2)C(C(C)C)CN1. The average molecular weight is 224 g/mol. The second kappa shape index (κ2) is 5.05. The van der Waals surface area contributed by atoms with Gasteiger partial charge in [0.2, 0.25) is 0 Å². The van der Waals surface area contributed by atoms with Crippen LogP contribution >= 0.6 is 0 Å². The van der Waals surface area contributed by atoms with Crippen molar-refractivity contribution in [3.05, 3.63) is 0 Å². The molecule has 0 spiro atoms. The predicted molar refractivity (Wildman–Crippen MR) is 69.6 cm³/mol. The summed E-state index contributed by atoms with van der Waals surface area (Å²) in [5.41, 5.74) is 0. The van der Waals surface area contributed by atoms with Crippen molar-refractivity contribution in [1.29, 1.82) is 0 Å². The van der Waals surface area contributed by atoms with Gasteiger partial charge in [0.25, 0.3) is 0 Å². The van der Waals surface area contributed by atoms with E-state index >= 15 is 0 Å². The molecule has 0 aromatic heterocycles. The van der Waals surface area contributed by atoms with Gasteiger partial charge in [-0.15, -0.1) is 0 Å². The van der Waals surface area contributed by atoms with Crippen molar-refractivity contribution in [2.24, 2.45) is 11.8 Å². The van der Waals surface area contributed by atoms with Crippen LogP contribution in [0.5, 0.6) is 0 Å². The van der Waals surface area contributed by atoms with E-state index in [0.717, 1.165) is 23.9 Å². The standard InChI is InChI=1S/C14H28N2/c1-10(2)13-9-16(12-6-5-7-12)14(8-15-13)11(3)4/h10-15H,5-9H2,1-4H3. The lowest BCUT2D eigenvalue weighted by molar-refractivity contribution is 0.0144. The fourth-order valence-corrected chi connectivity index (χ4v) is 3.02. The molecular formula is C14H28N2. The van der Waals surface area contributed by atoms with Crippen molar-refractivity contribution in [3.8, 4) is 0 Å². The average Bonchev–Trinajstić information content (AvgIpc) is 2.14. The first-order valence-corrected chi connectivity index (χ1v) is 7.08. The summed E-state index contributed by atoms with van der Waals surface area (Å²) in [6, 6.07) is 2.37. The zero-order chi connectivity index (χ0) is 11.7. The first kappa shape index (κ1) is 12.4. The molecule has 0 amide bonds. The number of nitrogens with one attached hydrogen (secondary N) is 1. The molecule has 0 bridgehead atoms. The summed E-state index contributed by atoms with van der Waals surface area (Å²) in [4.78, 5) is 2.81. The van der Waals surface area contributed by atoms with E-state index in [4.69, 9.17) is 0 Å². The molecule has 2 aliphatic rings. The maximum Gasteiger partial charge on any atom is 0.0247 e. The van der Waals surface area contributed by atoms with Crippen LogP contribution in [0.4, 0.5) is 0 Å². The van der Waals surface area contributed by atoms with E-state index in [2.05, 4.69) is 37.9 Å². The summed E-state index contributed by atoms with van der Waals surface area (Å²) >= 11 is 0. The molecule has 0 aromatic rings. The lowest BCUT2D eigenvalue weighted by Crippen LogP contribution is -2.63. The summed E-state index contributed by atoms with van der Waals surface area (Å²) in [5.74, 6) is 1.54. The zero-order valence-corrected chi connectivity index (χ0v) is 11.4. The topological polar surface area (TPSA) is 15.3 Å². The Labute approximate surface area is 101 Å². The third-order valence-electron chi connectivity index (χ3n) is 4.54. The van der Waals surface area contributed by atoms with Crippen molar-refractivity contribution in [3.63, 3.8) is 0 Å².